The minimum absolute atomic E-state index is 0.0776. The average Bonchev–Trinajstić information content (AvgIpc) is 2.27. The second kappa shape index (κ2) is 6.06. The van der Waals surface area contributed by atoms with Gasteiger partial charge in [-0.25, -0.2) is 4.79 Å². The summed E-state index contributed by atoms with van der Waals surface area (Å²) in [5, 5.41) is 0. The first-order chi connectivity index (χ1) is 9.33. The van der Waals surface area contributed by atoms with Gasteiger partial charge in [0.15, 0.2) is 0 Å². The van der Waals surface area contributed by atoms with Gasteiger partial charge < -0.3 is 13.8 Å². The molecule has 0 saturated carbocycles. The van der Waals surface area contributed by atoms with Gasteiger partial charge in [0, 0.05) is 16.9 Å². The highest BCUT2D eigenvalue weighted by molar-refractivity contribution is 7.94. The van der Waals surface area contributed by atoms with Crippen LogP contribution in [0, 0.1) is 6.92 Å². The standard InChI is InChI=1S/C15H21NO3S/c1-11-5-7-13(8-6-11)20-19-12-9-16(10-12)14(17)18-15(2,3)4/h5-8,12H,9-10H2,1-4H3. The summed E-state index contributed by atoms with van der Waals surface area (Å²) in [6.45, 7) is 8.84. The van der Waals surface area contributed by atoms with Gasteiger partial charge in [0.05, 0.1) is 13.1 Å². The van der Waals surface area contributed by atoms with Gasteiger partial charge in [-0.3, -0.25) is 0 Å². The van der Waals surface area contributed by atoms with Crippen LogP contribution in [0.15, 0.2) is 29.2 Å². The lowest BCUT2D eigenvalue weighted by molar-refractivity contribution is -0.0174. The predicted molar refractivity (Wildman–Crippen MR) is 79.7 cm³/mol. The van der Waals surface area contributed by atoms with Crippen molar-refractivity contribution in [2.75, 3.05) is 13.1 Å². The molecule has 5 heteroatoms. The van der Waals surface area contributed by atoms with Gasteiger partial charge >= 0.3 is 6.09 Å². The highest BCUT2D eigenvalue weighted by Gasteiger charge is 2.34. The number of hydrogen-bond donors (Lipinski definition) is 0. The molecular weight excluding hydrogens is 274 g/mol. The van der Waals surface area contributed by atoms with E-state index in [-0.39, 0.29) is 12.2 Å². The summed E-state index contributed by atoms with van der Waals surface area (Å²) in [5.41, 5.74) is 0.786. The zero-order valence-electron chi connectivity index (χ0n) is 12.4. The summed E-state index contributed by atoms with van der Waals surface area (Å²) in [4.78, 5) is 14.5. The molecule has 0 atom stereocenters. The number of aryl methyl sites for hydroxylation is 1. The van der Waals surface area contributed by atoms with Crippen molar-refractivity contribution < 1.29 is 13.7 Å². The molecule has 1 aromatic carbocycles. The number of carbonyl (C=O) groups is 1. The van der Waals surface area contributed by atoms with Crippen molar-refractivity contribution in [3.8, 4) is 0 Å². The van der Waals surface area contributed by atoms with Crippen LogP contribution in [0.3, 0.4) is 0 Å². The van der Waals surface area contributed by atoms with E-state index in [0.29, 0.717) is 13.1 Å². The monoisotopic (exact) mass is 295 g/mol. The van der Waals surface area contributed by atoms with Gasteiger partial charge in [0.2, 0.25) is 0 Å². The fraction of sp³-hybridized carbons (Fsp3) is 0.533. The Morgan fingerprint density at radius 1 is 1.25 bits per heavy atom. The Hall–Kier alpha value is -1.20. The summed E-state index contributed by atoms with van der Waals surface area (Å²) in [6, 6.07) is 8.17. The summed E-state index contributed by atoms with van der Waals surface area (Å²) < 4.78 is 11.0. The van der Waals surface area contributed by atoms with Crippen LogP contribution in [0.5, 0.6) is 0 Å². The molecule has 4 nitrogen and oxygen atoms in total. The number of benzene rings is 1. The molecule has 1 aliphatic rings. The van der Waals surface area contributed by atoms with Gasteiger partial charge in [-0.2, -0.15) is 0 Å². The van der Waals surface area contributed by atoms with E-state index in [4.69, 9.17) is 8.92 Å². The van der Waals surface area contributed by atoms with Gasteiger partial charge in [-0.05, 0) is 39.8 Å². The number of nitrogens with zero attached hydrogens (tertiary/aromatic N) is 1. The van der Waals surface area contributed by atoms with Gasteiger partial charge in [0.25, 0.3) is 0 Å². The number of amides is 1. The molecular formula is C15H21NO3S. The van der Waals surface area contributed by atoms with E-state index in [0.717, 1.165) is 4.90 Å². The molecule has 1 fully saturated rings. The van der Waals surface area contributed by atoms with E-state index in [1.807, 2.05) is 32.9 Å². The van der Waals surface area contributed by atoms with Crippen LogP contribution in [0.2, 0.25) is 0 Å². The summed E-state index contributed by atoms with van der Waals surface area (Å²) >= 11 is 1.36. The molecule has 0 bridgehead atoms. The first-order valence-corrected chi connectivity index (χ1v) is 7.45. The fourth-order valence-electron chi connectivity index (χ4n) is 1.69. The van der Waals surface area contributed by atoms with Crippen molar-refractivity contribution in [2.45, 2.75) is 44.3 Å². The van der Waals surface area contributed by atoms with E-state index in [9.17, 15) is 4.79 Å². The Labute approximate surface area is 124 Å². The minimum Gasteiger partial charge on any atom is -0.444 e. The highest BCUT2D eigenvalue weighted by atomic mass is 32.2. The second-order valence-corrected chi connectivity index (χ2v) is 6.83. The number of ether oxygens (including phenoxy) is 1. The van der Waals surface area contributed by atoms with Crippen molar-refractivity contribution in [3.05, 3.63) is 29.8 Å². The molecule has 20 heavy (non-hydrogen) atoms. The largest absolute Gasteiger partial charge is 0.444 e. The van der Waals surface area contributed by atoms with Crippen molar-refractivity contribution in [2.24, 2.45) is 0 Å². The van der Waals surface area contributed by atoms with Crippen molar-refractivity contribution in [1.82, 2.24) is 4.90 Å². The van der Waals surface area contributed by atoms with Crippen LogP contribution in [-0.4, -0.2) is 35.8 Å². The Kier molecular flexibility index (Phi) is 4.60. The average molecular weight is 295 g/mol. The summed E-state index contributed by atoms with van der Waals surface area (Å²) in [6.07, 6.45) is -0.188. The van der Waals surface area contributed by atoms with Crippen LogP contribution in [0.1, 0.15) is 26.3 Å². The molecule has 0 radical (unpaired) electrons. The molecule has 0 spiro atoms. The third kappa shape index (κ3) is 4.42. The fourth-order valence-corrected chi connectivity index (χ4v) is 2.31. The SMILES string of the molecule is Cc1ccc(SOC2CN(C(=O)OC(C)(C)C)C2)cc1. The second-order valence-electron chi connectivity index (χ2n) is 6.00. The molecule has 0 aliphatic carbocycles. The van der Waals surface area contributed by atoms with Gasteiger partial charge in [-0.1, -0.05) is 17.7 Å². The maximum atomic E-state index is 11.7. The Balaban J connectivity index is 1.69. The Morgan fingerprint density at radius 2 is 1.85 bits per heavy atom. The lowest BCUT2D eigenvalue weighted by Gasteiger charge is -2.38. The molecule has 0 unspecified atom stereocenters. The molecule has 1 aliphatic heterocycles. The van der Waals surface area contributed by atoms with Crippen molar-refractivity contribution in [3.63, 3.8) is 0 Å². The van der Waals surface area contributed by atoms with E-state index < -0.39 is 5.60 Å². The molecule has 0 N–H and O–H groups in total. The maximum absolute atomic E-state index is 11.7. The third-order valence-electron chi connectivity index (χ3n) is 2.80. The molecule has 1 amide bonds. The van der Waals surface area contributed by atoms with E-state index in [2.05, 4.69) is 19.1 Å². The van der Waals surface area contributed by atoms with Crippen LogP contribution in [0.4, 0.5) is 4.79 Å². The van der Waals surface area contributed by atoms with Crippen LogP contribution >= 0.6 is 12.0 Å². The van der Waals surface area contributed by atoms with E-state index >= 15 is 0 Å². The van der Waals surface area contributed by atoms with E-state index in [1.54, 1.807) is 4.90 Å². The normalized spacial score (nSPS) is 15.9. The molecule has 110 valence electrons. The molecule has 0 aromatic heterocycles. The quantitative estimate of drug-likeness (QED) is 0.798. The highest BCUT2D eigenvalue weighted by Crippen LogP contribution is 2.25. The third-order valence-corrected chi connectivity index (χ3v) is 3.63. The lowest BCUT2D eigenvalue weighted by Crippen LogP contribution is -2.55. The van der Waals surface area contributed by atoms with E-state index in [1.165, 1.54) is 17.6 Å². The smallest absolute Gasteiger partial charge is 0.410 e. The van der Waals surface area contributed by atoms with Crippen molar-refractivity contribution >= 4 is 18.1 Å². The first-order valence-electron chi connectivity index (χ1n) is 6.71. The summed E-state index contributed by atoms with van der Waals surface area (Å²) in [5.74, 6) is 0. The molecule has 1 aromatic rings. The molecule has 2 rings (SSSR count). The molecule has 1 saturated heterocycles. The molecule has 1 heterocycles. The number of rotatable bonds is 3. The summed E-state index contributed by atoms with van der Waals surface area (Å²) in [7, 11) is 0. The maximum Gasteiger partial charge on any atom is 0.410 e. The zero-order valence-corrected chi connectivity index (χ0v) is 13.2. The van der Waals surface area contributed by atoms with Gasteiger partial charge in [-0.15, -0.1) is 0 Å². The van der Waals surface area contributed by atoms with Crippen LogP contribution in [0.25, 0.3) is 0 Å². The predicted octanol–water partition coefficient (Wildman–Crippen LogP) is 3.64. The Morgan fingerprint density at radius 3 is 2.40 bits per heavy atom. The topological polar surface area (TPSA) is 38.8 Å². The lowest BCUT2D eigenvalue weighted by atomic mass is 10.2. The van der Waals surface area contributed by atoms with Crippen molar-refractivity contribution in [1.29, 1.82) is 0 Å². The van der Waals surface area contributed by atoms with Gasteiger partial charge in [0.1, 0.15) is 11.7 Å². The minimum atomic E-state index is -0.445. The number of carbonyl (C=O) groups excluding carboxylic acids is 1. The number of likely N-dealkylation sites (tertiary alicyclic amines) is 1. The number of hydrogen-bond acceptors (Lipinski definition) is 4. The zero-order chi connectivity index (χ0) is 14.8. The Bertz CT molecular complexity index is 461. The van der Waals surface area contributed by atoms with Crippen LogP contribution < -0.4 is 0 Å². The van der Waals surface area contributed by atoms with Crippen LogP contribution in [-0.2, 0) is 8.92 Å². The first kappa shape index (κ1) is 15.2.